The van der Waals surface area contributed by atoms with Gasteiger partial charge in [-0.2, -0.15) is 5.10 Å². The van der Waals surface area contributed by atoms with Crippen molar-refractivity contribution < 1.29 is 28.7 Å². The Morgan fingerprint density at radius 1 is 0.942 bits per heavy atom. The Hall–Kier alpha value is -5.60. The number of aromatic nitrogens is 5. The molecule has 0 unspecified atom stereocenters. The highest BCUT2D eigenvalue weighted by Crippen LogP contribution is 2.28. The van der Waals surface area contributed by atoms with Crippen molar-refractivity contribution in [1.29, 1.82) is 0 Å². The van der Waals surface area contributed by atoms with E-state index < -0.39 is 12.1 Å². The summed E-state index contributed by atoms with van der Waals surface area (Å²) in [6.45, 7) is 6.45. The monoisotopic (exact) mass is 713 g/mol. The Balaban J connectivity index is 1.39. The number of carbonyl (C=O) groups excluding carboxylic acids is 4. The van der Waals surface area contributed by atoms with Crippen LogP contribution in [-0.2, 0) is 27.3 Å². The number of nitrogens with one attached hydrogen (secondary N) is 3. The Bertz CT molecular complexity index is 1900. The Labute approximate surface area is 302 Å². The van der Waals surface area contributed by atoms with Gasteiger partial charge in [-0.3, -0.25) is 29.1 Å². The smallest absolute Gasteiger partial charge is 0.253 e. The van der Waals surface area contributed by atoms with E-state index in [2.05, 4.69) is 31.0 Å². The van der Waals surface area contributed by atoms with Crippen LogP contribution in [0, 0.1) is 5.92 Å². The maximum Gasteiger partial charge on any atom is 0.253 e. The first-order valence-corrected chi connectivity index (χ1v) is 17.6. The van der Waals surface area contributed by atoms with Crippen LogP contribution < -0.4 is 25.4 Å². The fourth-order valence-electron chi connectivity index (χ4n) is 6.12. The van der Waals surface area contributed by atoms with Crippen LogP contribution in [0.4, 0.5) is 0 Å². The summed E-state index contributed by atoms with van der Waals surface area (Å²) in [7, 11) is 3.13. The van der Waals surface area contributed by atoms with Crippen molar-refractivity contribution in [3.05, 3.63) is 71.6 Å². The van der Waals surface area contributed by atoms with Gasteiger partial charge in [0.05, 0.1) is 31.3 Å². The fourth-order valence-corrected chi connectivity index (χ4v) is 6.12. The molecule has 3 N–H and O–H groups in total. The molecule has 4 amide bonds. The molecule has 5 rings (SSSR count). The van der Waals surface area contributed by atoms with Crippen molar-refractivity contribution in [3.8, 4) is 11.5 Å². The van der Waals surface area contributed by atoms with Crippen molar-refractivity contribution in [2.24, 2.45) is 5.92 Å². The Morgan fingerprint density at radius 3 is 2.44 bits per heavy atom. The number of ether oxygens (including phenoxy) is 2. The summed E-state index contributed by atoms with van der Waals surface area (Å²) >= 11 is 0. The van der Waals surface area contributed by atoms with Crippen LogP contribution in [0.1, 0.15) is 80.1 Å². The zero-order valence-corrected chi connectivity index (χ0v) is 30.3. The predicted octanol–water partition coefficient (Wildman–Crippen LogP) is 2.98. The zero-order valence-electron chi connectivity index (χ0n) is 30.3. The average molecular weight is 714 g/mol. The highest BCUT2D eigenvalue weighted by molar-refractivity contribution is 5.97. The van der Waals surface area contributed by atoms with Crippen molar-refractivity contribution in [1.82, 2.24) is 45.6 Å². The Morgan fingerprint density at radius 2 is 1.69 bits per heavy atom. The third-order valence-electron chi connectivity index (χ3n) is 9.17. The van der Waals surface area contributed by atoms with Gasteiger partial charge in [-0.25, -0.2) is 9.67 Å². The molecular weight excluding hydrogens is 666 g/mol. The minimum absolute atomic E-state index is 0.118. The van der Waals surface area contributed by atoms with Gasteiger partial charge in [-0.1, -0.05) is 26.3 Å². The average Bonchev–Trinajstić information content (AvgIpc) is 3.54. The number of methoxy groups -OCH3 is 2. The summed E-state index contributed by atoms with van der Waals surface area (Å²) in [4.78, 5) is 68.9. The summed E-state index contributed by atoms with van der Waals surface area (Å²) in [5, 5.41) is 13.5. The minimum atomic E-state index is -0.804. The van der Waals surface area contributed by atoms with Gasteiger partial charge in [0.1, 0.15) is 18.4 Å². The lowest BCUT2D eigenvalue weighted by Crippen LogP contribution is -2.51. The molecule has 15 nitrogen and oxygen atoms in total. The van der Waals surface area contributed by atoms with E-state index in [4.69, 9.17) is 14.5 Å². The van der Waals surface area contributed by atoms with Crippen molar-refractivity contribution >= 4 is 34.7 Å². The number of nitrogens with zero attached hydrogens (tertiary/aromatic N) is 6. The molecule has 0 saturated heterocycles. The molecule has 4 aromatic rings. The molecule has 0 aliphatic carbocycles. The van der Waals surface area contributed by atoms with Crippen LogP contribution >= 0.6 is 0 Å². The molecule has 0 spiro atoms. The van der Waals surface area contributed by atoms with Gasteiger partial charge < -0.3 is 30.3 Å². The summed E-state index contributed by atoms with van der Waals surface area (Å²) < 4.78 is 12.3. The van der Waals surface area contributed by atoms with Crippen LogP contribution in [0.3, 0.4) is 0 Å². The lowest BCUT2D eigenvalue weighted by molar-refractivity contribution is -0.130. The van der Waals surface area contributed by atoms with Gasteiger partial charge in [-0.15, -0.1) is 0 Å². The molecule has 0 radical (unpaired) electrons. The summed E-state index contributed by atoms with van der Waals surface area (Å²) in [5.41, 5.74) is 2.60. The first-order valence-electron chi connectivity index (χ1n) is 17.6. The molecule has 52 heavy (non-hydrogen) atoms. The van der Waals surface area contributed by atoms with Gasteiger partial charge in [0.2, 0.25) is 17.7 Å². The second-order valence-corrected chi connectivity index (χ2v) is 12.9. The largest absolute Gasteiger partial charge is 0.493 e. The van der Waals surface area contributed by atoms with E-state index in [-0.39, 0.29) is 42.5 Å². The molecule has 0 fully saturated rings. The van der Waals surface area contributed by atoms with E-state index >= 15 is 0 Å². The van der Waals surface area contributed by atoms with Gasteiger partial charge >= 0.3 is 0 Å². The van der Waals surface area contributed by atoms with Crippen molar-refractivity contribution in [3.63, 3.8) is 0 Å². The van der Waals surface area contributed by atoms with E-state index in [9.17, 15) is 19.2 Å². The SMILES string of the molecule is CC[C@H](C)[C@@H]1NC(=O)CCCN(C(=O)c2ccc3nccnc3c2)CCCNC(=O)Cn2nc(Cc3ccc(OC)c(OC)c3)nc2[C@@H](C)NC1=O. The molecular formula is C37H47N9O6. The molecule has 1 aliphatic heterocycles. The summed E-state index contributed by atoms with van der Waals surface area (Å²) in [5.74, 6) is 0.673. The molecule has 15 heteroatoms. The number of hydrogen-bond acceptors (Lipinski definition) is 10. The van der Waals surface area contributed by atoms with E-state index in [0.29, 0.717) is 85.1 Å². The zero-order chi connectivity index (χ0) is 37.2. The maximum absolute atomic E-state index is 13.7. The van der Waals surface area contributed by atoms with Gasteiger partial charge in [0.15, 0.2) is 17.3 Å². The highest BCUT2D eigenvalue weighted by Gasteiger charge is 2.29. The second-order valence-electron chi connectivity index (χ2n) is 12.9. The summed E-state index contributed by atoms with van der Waals surface area (Å²) in [6, 6.07) is 9.26. The lowest BCUT2D eigenvalue weighted by Gasteiger charge is -2.26. The number of benzene rings is 2. The second kappa shape index (κ2) is 17.6. The molecule has 2 aromatic carbocycles. The standard InChI is InChI=1S/C37H47N9O6/c1-6-23(2)34-36(49)41-24(3)35-42-31(20-25-10-13-29(51-4)30(19-25)52-5)44-46(35)22-33(48)40-14-8-18-45(17-7-9-32(47)43-34)37(50)26-11-12-27-28(21-26)39-16-15-38-27/h10-13,15-16,19,21,23-24,34H,6-9,14,17-18,20,22H2,1-5H3,(H,40,48)(H,41,49)(H,43,47)/t23-,24+,34-/m0/s1. The van der Waals surface area contributed by atoms with E-state index in [0.717, 1.165) is 5.56 Å². The summed E-state index contributed by atoms with van der Waals surface area (Å²) in [6.07, 6.45) is 5.13. The van der Waals surface area contributed by atoms with E-state index in [1.54, 1.807) is 62.7 Å². The third-order valence-corrected chi connectivity index (χ3v) is 9.17. The first-order chi connectivity index (χ1) is 25.1. The van der Waals surface area contributed by atoms with Gasteiger partial charge in [0, 0.05) is 50.4 Å². The van der Waals surface area contributed by atoms with Crippen molar-refractivity contribution in [2.75, 3.05) is 33.9 Å². The molecule has 1 aliphatic rings. The maximum atomic E-state index is 13.7. The molecule has 276 valence electrons. The quantitative estimate of drug-likeness (QED) is 0.258. The van der Waals surface area contributed by atoms with Crippen LogP contribution in [0.5, 0.6) is 11.5 Å². The van der Waals surface area contributed by atoms with Gasteiger partial charge in [0.25, 0.3) is 5.91 Å². The molecule has 0 bridgehead atoms. The van der Waals surface area contributed by atoms with Gasteiger partial charge in [-0.05, 0) is 61.6 Å². The molecule has 3 heterocycles. The molecule has 0 saturated carbocycles. The number of fused-ring (bicyclic) bond motifs is 2. The van der Waals surface area contributed by atoms with Crippen LogP contribution in [0.15, 0.2) is 48.8 Å². The first kappa shape index (κ1) is 37.7. The van der Waals surface area contributed by atoms with E-state index in [1.807, 2.05) is 26.0 Å². The minimum Gasteiger partial charge on any atom is -0.493 e. The van der Waals surface area contributed by atoms with E-state index in [1.165, 1.54) is 4.68 Å². The number of amides is 4. The van der Waals surface area contributed by atoms with Crippen LogP contribution in [0.2, 0.25) is 0 Å². The fraction of sp³-hybridized carbons (Fsp3) is 0.459. The number of rotatable bonds is 7. The van der Waals surface area contributed by atoms with Crippen LogP contribution in [-0.4, -0.2) is 93.2 Å². The number of carbonyl (C=O) groups is 4. The third kappa shape index (κ3) is 9.38. The van der Waals surface area contributed by atoms with Crippen molar-refractivity contribution in [2.45, 2.75) is 71.5 Å². The molecule has 3 atom stereocenters. The topological polar surface area (TPSA) is 183 Å². The highest BCUT2D eigenvalue weighted by atomic mass is 16.5. The molecule has 2 aromatic heterocycles. The number of hydrogen-bond donors (Lipinski definition) is 3. The normalized spacial score (nSPS) is 18.6. The lowest BCUT2D eigenvalue weighted by atomic mass is 9.97. The Kier molecular flexibility index (Phi) is 12.7. The van der Waals surface area contributed by atoms with Crippen LogP contribution in [0.25, 0.3) is 11.0 Å². The predicted molar refractivity (Wildman–Crippen MR) is 193 cm³/mol.